The normalized spacial score (nSPS) is 11.8. The minimum atomic E-state index is -2.76. The molecule has 3 nitrogen and oxygen atoms in total. The summed E-state index contributed by atoms with van der Waals surface area (Å²) in [5.41, 5.74) is 5.29. The van der Waals surface area contributed by atoms with Crippen LogP contribution in [0.25, 0.3) is 0 Å². The molecule has 0 saturated heterocycles. The van der Waals surface area contributed by atoms with Gasteiger partial charge in [0.15, 0.2) is 9.84 Å². The Labute approximate surface area is 79.0 Å². The van der Waals surface area contributed by atoms with Crippen molar-refractivity contribution >= 4 is 21.6 Å². The first-order chi connectivity index (χ1) is 5.62. The van der Waals surface area contributed by atoms with E-state index in [1.54, 1.807) is 18.7 Å². The fraction of sp³-hybridized carbons (Fsp3) is 1.00. The van der Waals surface area contributed by atoms with Crippen molar-refractivity contribution in [3.05, 3.63) is 0 Å². The van der Waals surface area contributed by atoms with Gasteiger partial charge >= 0.3 is 0 Å². The molecule has 0 saturated carbocycles. The summed E-state index contributed by atoms with van der Waals surface area (Å²) in [6.07, 6.45) is 0.969. The summed E-state index contributed by atoms with van der Waals surface area (Å²) in [7, 11) is -2.76. The second-order valence-electron chi connectivity index (χ2n) is 2.49. The molecule has 0 rings (SSSR count). The molecule has 0 aromatic heterocycles. The first-order valence-corrected chi connectivity index (χ1v) is 7.08. The number of nitrogens with two attached hydrogens (primary N) is 1. The molecule has 0 spiro atoms. The van der Waals surface area contributed by atoms with E-state index in [4.69, 9.17) is 5.73 Å². The third-order valence-corrected chi connectivity index (χ3v) is 4.51. The summed E-state index contributed by atoms with van der Waals surface area (Å²) < 4.78 is 22.0. The second kappa shape index (κ2) is 6.74. The van der Waals surface area contributed by atoms with Crippen molar-refractivity contribution in [2.45, 2.75) is 13.3 Å². The maximum atomic E-state index is 11.0. The molecule has 0 fully saturated rings. The molecule has 5 heteroatoms. The maximum Gasteiger partial charge on any atom is 0.150 e. The van der Waals surface area contributed by atoms with Crippen molar-refractivity contribution < 1.29 is 8.42 Å². The molecule has 2 N–H and O–H groups in total. The van der Waals surface area contributed by atoms with Gasteiger partial charge in [0.2, 0.25) is 0 Å². The van der Waals surface area contributed by atoms with Crippen molar-refractivity contribution in [2.75, 3.05) is 29.6 Å². The Morgan fingerprint density at radius 2 is 2.00 bits per heavy atom. The van der Waals surface area contributed by atoms with E-state index in [9.17, 15) is 8.42 Å². The zero-order valence-electron chi connectivity index (χ0n) is 7.45. The Morgan fingerprint density at radius 3 is 2.50 bits per heavy atom. The van der Waals surface area contributed by atoms with Crippen molar-refractivity contribution in [3.63, 3.8) is 0 Å². The molecule has 0 radical (unpaired) electrons. The summed E-state index contributed by atoms with van der Waals surface area (Å²) in [5, 5.41) is 0. The molecule has 12 heavy (non-hydrogen) atoms. The van der Waals surface area contributed by atoms with Gasteiger partial charge in [0.05, 0.1) is 5.75 Å². The number of rotatable bonds is 7. The highest BCUT2D eigenvalue weighted by atomic mass is 32.2. The molecular formula is C7H17NO2S2. The van der Waals surface area contributed by atoms with Gasteiger partial charge in [-0.15, -0.1) is 0 Å². The van der Waals surface area contributed by atoms with Crippen LogP contribution in [0.3, 0.4) is 0 Å². The smallest absolute Gasteiger partial charge is 0.150 e. The highest BCUT2D eigenvalue weighted by molar-refractivity contribution is 8.00. The predicted octanol–water partition coefficient (Wildman–Crippen LogP) is 0.503. The number of thioether (sulfide) groups is 1. The fourth-order valence-electron chi connectivity index (χ4n) is 0.618. The van der Waals surface area contributed by atoms with Crippen molar-refractivity contribution in [1.82, 2.24) is 0 Å². The number of hydrogen-bond donors (Lipinski definition) is 1. The minimum Gasteiger partial charge on any atom is -0.330 e. The van der Waals surface area contributed by atoms with E-state index in [0.717, 1.165) is 12.2 Å². The monoisotopic (exact) mass is 211 g/mol. The van der Waals surface area contributed by atoms with E-state index in [2.05, 4.69) is 0 Å². The Balaban J connectivity index is 3.32. The molecule has 0 unspecified atom stereocenters. The first kappa shape index (κ1) is 12.3. The van der Waals surface area contributed by atoms with Crippen LogP contribution in [-0.2, 0) is 9.84 Å². The van der Waals surface area contributed by atoms with Gasteiger partial charge in [-0.3, -0.25) is 0 Å². The Kier molecular flexibility index (Phi) is 6.89. The van der Waals surface area contributed by atoms with Crippen LogP contribution in [0, 0.1) is 0 Å². The molecule has 0 aliphatic rings. The quantitative estimate of drug-likeness (QED) is 0.623. The Morgan fingerprint density at radius 1 is 1.33 bits per heavy atom. The standard InChI is InChI=1S/C7H17NO2S2/c1-2-12(9,10)7-6-11-5-3-4-8/h2-8H2,1H3. The van der Waals surface area contributed by atoms with E-state index < -0.39 is 9.84 Å². The number of sulfone groups is 1. The third-order valence-electron chi connectivity index (χ3n) is 1.47. The first-order valence-electron chi connectivity index (χ1n) is 4.10. The molecule has 0 aliphatic carbocycles. The van der Waals surface area contributed by atoms with E-state index in [1.165, 1.54) is 0 Å². The van der Waals surface area contributed by atoms with Crippen LogP contribution >= 0.6 is 11.8 Å². The molecule has 74 valence electrons. The van der Waals surface area contributed by atoms with E-state index in [-0.39, 0.29) is 5.75 Å². The highest BCUT2D eigenvalue weighted by Crippen LogP contribution is 2.03. The summed E-state index contributed by atoms with van der Waals surface area (Å²) in [4.78, 5) is 0. The average Bonchev–Trinajstić information content (AvgIpc) is 2.04. The van der Waals surface area contributed by atoms with E-state index >= 15 is 0 Å². The van der Waals surface area contributed by atoms with Crippen LogP contribution in [0.5, 0.6) is 0 Å². The van der Waals surface area contributed by atoms with Gasteiger partial charge in [-0.2, -0.15) is 11.8 Å². The zero-order chi connectivity index (χ0) is 9.45. The van der Waals surface area contributed by atoms with Gasteiger partial charge in [0, 0.05) is 11.5 Å². The fourth-order valence-corrected chi connectivity index (χ4v) is 2.97. The minimum absolute atomic E-state index is 0.254. The topological polar surface area (TPSA) is 60.2 Å². The van der Waals surface area contributed by atoms with Crippen LogP contribution in [0.2, 0.25) is 0 Å². The largest absolute Gasteiger partial charge is 0.330 e. The van der Waals surface area contributed by atoms with Crippen molar-refractivity contribution in [2.24, 2.45) is 5.73 Å². The van der Waals surface area contributed by atoms with Crippen LogP contribution in [-0.4, -0.2) is 38.0 Å². The molecular weight excluding hydrogens is 194 g/mol. The SMILES string of the molecule is CCS(=O)(=O)CCSCCCN. The van der Waals surface area contributed by atoms with Crippen molar-refractivity contribution in [3.8, 4) is 0 Å². The average molecular weight is 211 g/mol. The zero-order valence-corrected chi connectivity index (χ0v) is 9.09. The van der Waals surface area contributed by atoms with Crippen LogP contribution in [0.15, 0.2) is 0 Å². The number of hydrogen-bond acceptors (Lipinski definition) is 4. The molecule has 0 heterocycles. The lowest BCUT2D eigenvalue weighted by atomic mass is 10.5. The summed E-state index contributed by atoms with van der Waals surface area (Å²) >= 11 is 1.66. The maximum absolute atomic E-state index is 11.0. The lowest BCUT2D eigenvalue weighted by Crippen LogP contribution is -2.11. The van der Waals surface area contributed by atoms with Gasteiger partial charge in [-0.1, -0.05) is 6.92 Å². The Bertz CT molecular complexity index is 190. The van der Waals surface area contributed by atoms with Gasteiger partial charge < -0.3 is 5.73 Å². The molecule has 0 aromatic carbocycles. The highest BCUT2D eigenvalue weighted by Gasteiger charge is 2.05. The molecule has 0 aliphatic heterocycles. The molecule has 0 amide bonds. The lowest BCUT2D eigenvalue weighted by molar-refractivity contribution is 0.599. The van der Waals surface area contributed by atoms with Gasteiger partial charge in [-0.05, 0) is 18.7 Å². The van der Waals surface area contributed by atoms with Gasteiger partial charge in [0.1, 0.15) is 0 Å². The van der Waals surface area contributed by atoms with Gasteiger partial charge in [-0.25, -0.2) is 8.42 Å². The van der Waals surface area contributed by atoms with Crippen LogP contribution < -0.4 is 5.73 Å². The van der Waals surface area contributed by atoms with Crippen molar-refractivity contribution in [1.29, 1.82) is 0 Å². The van der Waals surface area contributed by atoms with Crippen LogP contribution in [0.4, 0.5) is 0 Å². The predicted molar refractivity (Wildman–Crippen MR) is 55.3 cm³/mol. The Hall–Kier alpha value is 0.260. The van der Waals surface area contributed by atoms with E-state index in [1.807, 2.05) is 0 Å². The second-order valence-corrected chi connectivity index (χ2v) is 6.19. The molecule has 0 aromatic rings. The van der Waals surface area contributed by atoms with Crippen LogP contribution in [0.1, 0.15) is 13.3 Å². The molecule has 0 bridgehead atoms. The molecule has 0 atom stereocenters. The summed E-state index contributed by atoms with van der Waals surface area (Å²) in [5.74, 6) is 2.23. The third kappa shape index (κ3) is 6.94. The summed E-state index contributed by atoms with van der Waals surface area (Å²) in [6, 6.07) is 0. The summed E-state index contributed by atoms with van der Waals surface area (Å²) in [6.45, 7) is 2.37. The lowest BCUT2D eigenvalue weighted by Gasteiger charge is -2.00. The van der Waals surface area contributed by atoms with E-state index in [0.29, 0.717) is 18.1 Å². The van der Waals surface area contributed by atoms with Gasteiger partial charge in [0.25, 0.3) is 0 Å².